The van der Waals surface area contributed by atoms with Gasteiger partial charge in [-0.3, -0.25) is 14.2 Å². The van der Waals surface area contributed by atoms with E-state index >= 15 is 0 Å². The molecule has 5 rings (SSSR count). The number of carbonyl (C=O) groups excluding carboxylic acids is 1. The lowest BCUT2D eigenvalue weighted by Gasteiger charge is -2.29. The number of hydrogen-bond donors (Lipinski definition) is 0. The van der Waals surface area contributed by atoms with Gasteiger partial charge in [0.15, 0.2) is 0 Å². The van der Waals surface area contributed by atoms with E-state index in [9.17, 15) is 13.6 Å². The molecular weight excluding hydrogens is 416 g/mol. The van der Waals surface area contributed by atoms with Crippen molar-refractivity contribution in [3.05, 3.63) is 60.2 Å². The Hall–Kier alpha value is -2.88. The second-order valence-corrected chi connectivity index (χ2v) is 10.0. The van der Waals surface area contributed by atoms with Crippen LogP contribution in [0.4, 0.5) is 0 Å². The van der Waals surface area contributed by atoms with Crippen LogP contribution in [0.15, 0.2) is 48.9 Å². The van der Waals surface area contributed by atoms with E-state index in [0.29, 0.717) is 18.8 Å². The van der Waals surface area contributed by atoms with Crippen LogP contribution in [0, 0.1) is 0 Å². The highest BCUT2D eigenvalue weighted by atomic mass is 32.3. The summed E-state index contributed by atoms with van der Waals surface area (Å²) < 4.78 is 30.6. The van der Waals surface area contributed by atoms with Crippen molar-refractivity contribution in [2.24, 2.45) is 0 Å². The summed E-state index contributed by atoms with van der Waals surface area (Å²) in [5.74, 6) is 0.674. The Morgan fingerprint density at radius 2 is 1.84 bits per heavy atom. The number of ether oxygens (including phenoxy) is 1. The highest BCUT2D eigenvalue weighted by Crippen LogP contribution is 2.24. The summed E-state index contributed by atoms with van der Waals surface area (Å²) >= 11 is 0. The largest absolute Gasteiger partial charge is 0.615 e. The van der Waals surface area contributed by atoms with E-state index in [1.54, 1.807) is 23.2 Å². The van der Waals surface area contributed by atoms with E-state index in [1.807, 2.05) is 28.9 Å². The fraction of sp³-hybridized carbons (Fsp3) is 0.318. The molecular formula is C22H22N4O4S. The van der Waals surface area contributed by atoms with Crippen LogP contribution in [0.2, 0.25) is 0 Å². The van der Waals surface area contributed by atoms with Gasteiger partial charge in [0.05, 0.1) is 60.1 Å². The summed E-state index contributed by atoms with van der Waals surface area (Å²) in [5, 5.41) is 0. The first-order valence-electron chi connectivity index (χ1n) is 10.2. The van der Waals surface area contributed by atoms with Crippen LogP contribution in [0.5, 0.6) is 0 Å². The molecule has 2 aliphatic rings. The van der Waals surface area contributed by atoms with Crippen LogP contribution >= 0.6 is 0 Å². The van der Waals surface area contributed by atoms with Gasteiger partial charge >= 0.3 is 0 Å². The predicted molar refractivity (Wildman–Crippen MR) is 116 cm³/mol. The van der Waals surface area contributed by atoms with Crippen molar-refractivity contribution in [3.63, 3.8) is 0 Å². The van der Waals surface area contributed by atoms with Crippen molar-refractivity contribution >= 4 is 27.2 Å². The molecule has 0 radical (unpaired) electrons. The summed E-state index contributed by atoms with van der Waals surface area (Å²) in [5.41, 5.74) is 4.38. The van der Waals surface area contributed by atoms with E-state index < -0.39 is 10.2 Å². The molecule has 0 atom stereocenters. The van der Waals surface area contributed by atoms with Crippen LogP contribution < -0.4 is 0 Å². The summed E-state index contributed by atoms with van der Waals surface area (Å²) in [6, 6.07) is 7.28. The number of aromatic nitrogens is 3. The SMILES string of the molecule is O=C(c1ccc(-c2ncc3cnc(C4=CCOCC4)cn23)cc1)N1CC[S+](=O)([O-])CC1. The van der Waals surface area contributed by atoms with Crippen molar-refractivity contribution in [2.75, 3.05) is 37.8 Å². The molecule has 2 aromatic heterocycles. The Balaban J connectivity index is 1.40. The standard InChI is InChI=1S/C22H22N4O4S/c27-22(25-7-11-31(28,29)12-8-25)18-3-1-17(2-4-18)21-24-14-19-13-23-20(15-26(19)21)16-5-9-30-10-6-16/h1-5,13-15H,6-12H2. The highest BCUT2D eigenvalue weighted by Gasteiger charge is 2.28. The molecule has 0 unspecified atom stereocenters. The molecule has 0 N–H and O–H groups in total. The lowest BCUT2D eigenvalue weighted by atomic mass is 10.1. The zero-order valence-corrected chi connectivity index (χ0v) is 17.7. The smallest absolute Gasteiger partial charge is 0.254 e. The molecule has 3 aromatic rings. The van der Waals surface area contributed by atoms with Crippen LogP contribution in [0.3, 0.4) is 0 Å². The van der Waals surface area contributed by atoms with Gasteiger partial charge in [-0.1, -0.05) is 18.2 Å². The average molecular weight is 439 g/mol. The predicted octanol–water partition coefficient (Wildman–Crippen LogP) is 2.29. The maximum atomic E-state index is 12.7. The maximum Gasteiger partial charge on any atom is 0.254 e. The van der Waals surface area contributed by atoms with Gasteiger partial charge in [-0.05, 0) is 24.1 Å². The molecule has 2 aliphatic heterocycles. The first-order chi connectivity index (χ1) is 15.0. The van der Waals surface area contributed by atoms with Gasteiger partial charge in [-0.15, -0.1) is 4.21 Å². The Morgan fingerprint density at radius 1 is 1.10 bits per heavy atom. The summed E-state index contributed by atoms with van der Waals surface area (Å²) in [6.07, 6.45) is 8.46. The number of fused-ring (bicyclic) bond motifs is 1. The molecule has 31 heavy (non-hydrogen) atoms. The third-order valence-electron chi connectivity index (χ3n) is 5.73. The van der Waals surface area contributed by atoms with E-state index in [2.05, 4.69) is 16.0 Å². The first kappa shape index (κ1) is 20.0. The number of hydrogen-bond acceptors (Lipinski definition) is 6. The monoisotopic (exact) mass is 438 g/mol. The second kappa shape index (κ2) is 7.99. The van der Waals surface area contributed by atoms with E-state index in [1.165, 1.54) is 0 Å². The number of sulfone groups is 1. The molecule has 8 nitrogen and oxygen atoms in total. The van der Waals surface area contributed by atoms with Gasteiger partial charge in [-0.2, -0.15) is 0 Å². The zero-order chi connectivity index (χ0) is 21.4. The highest BCUT2D eigenvalue weighted by molar-refractivity contribution is 7.97. The molecule has 1 aromatic carbocycles. The van der Waals surface area contributed by atoms with Crippen LogP contribution in [0.1, 0.15) is 22.5 Å². The molecule has 0 spiro atoms. The van der Waals surface area contributed by atoms with Gasteiger partial charge in [0.2, 0.25) is 0 Å². The van der Waals surface area contributed by atoms with Crippen molar-refractivity contribution in [3.8, 4) is 11.4 Å². The Kier molecular flexibility index (Phi) is 5.17. The zero-order valence-electron chi connectivity index (χ0n) is 16.9. The van der Waals surface area contributed by atoms with Crippen LogP contribution in [-0.2, 0) is 19.2 Å². The molecule has 160 valence electrons. The molecule has 4 heterocycles. The minimum absolute atomic E-state index is 0.0236. The van der Waals surface area contributed by atoms with Crippen LogP contribution in [0.25, 0.3) is 22.5 Å². The summed E-state index contributed by atoms with van der Waals surface area (Å²) in [6.45, 7) is 1.78. The third kappa shape index (κ3) is 4.04. The molecule has 0 bridgehead atoms. The van der Waals surface area contributed by atoms with E-state index in [-0.39, 0.29) is 30.5 Å². The fourth-order valence-electron chi connectivity index (χ4n) is 3.90. The second-order valence-electron chi connectivity index (χ2n) is 7.72. The van der Waals surface area contributed by atoms with Gasteiger partial charge in [0.1, 0.15) is 17.3 Å². The first-order valence-corrected chi connectivity index (χ1v) is 12.0. The fourth-order valence-corrected chi connectivity index (χ4v) is 5.10. The minimum Gasteiger partial charge on any atom is -0.615 e. The number of carbonyl (C=O) groups is 1. The summed E-state index contributed by atoms with van der Waals surface area (Å²) in [4.78, 5) is 23.4. The Labute approximate surface area is 180 Å². The third-order valence-corrected chi connectivity index (χ3v) is 7.34. The topological polar surface area (TPSA) is 99.9 Å². The number of benzene rings is 1. The maximum absolute atomic E-state index is 12.7. The molecule has 0 aliphatic carbocycles. The number of imidazole rings is 1. The van der Waals surface area contributed by atoms with Gasteiger partial charge in [0.25, 0.3) is 5.91 Å². The van der Waals surface area contributed by atoms with Gasteiger partial charge in [-0.25, -0.2) is 4.98 Å². The summed E-state index contributed by atoms with van der Waals surface area (Å²) in [7, 11) is -3.02. The molecule has 1 fully saturated rings. The normalized spacial score (nSPS) is 18.7. The molecule has 1 saturated heterocycles. The lowest BCUT2D eigenvalue weighted by Crippen LogP contribution is -2.46. The number of rotatable bonds is 3. The van der Waals surface area contributed by atoms with Crippen molar-refractivity contribution in [2.45, 2.75) is 6.42 Å². The van der Waals surface area contributed by atoms with E-state index in [4.69, 9.17) is 4.74 Å². The van der Waals surface area contributed by atoms with Gasteiger partial charge in [0, 0.05) is 17.3 Å². The van der Waals surface area contributed by atoms with Crippen LogP contribution in [-0.4, -0.2) is 67.5 Å². The van der Waals surface area contributed by atoms with E-state index in [0.717, 1.165) is 34.6 Å². The quantitative estimate of drug-likeness (QED) is 0.582. The number of amides is 1. The lowest BCUT2D eigenvalue weighted by molar-refractivity contribution is 0.0768. The average Bonchev–Trinajstić information content (AvgIpc) is 3.23. The Bertz CT molecular complexity index is 1210. The van der Waals surface area contributed by atoms with Crippen molar-refractivity contribution in [1.82, 2.24) is 19.3 Å². The van der Waals surface area contributed by atoms with Gasteiger partial charge < -0.3 is 14.2 Å². The molecule has 1 amide bonds. The molecule has 9 heteroatoms. The Morgan fingerprint density at radius 3 is 2.55 bits per heavy atom. The van der Waals surface area contributed by atoms with Crippen molar-refractivity contribution < 1.29 is 18.3 Å². The van der Waals surface area contributed by atoms with Crippen molar-refractivity contribution in [1.29, 1.82) is 0 Å². The number of nitrogens with zero attached hydrogens (tertiary/aromatic N) is 4. The minimum atomic E-state index is -3.02. The molecule has 0 saturated carbocycles.